The highest BCUT2D eigenvalue weighted by Gasteiger charge is 2.24. The number of nitro benzene ring substituents is 1. The third-order valence-corrected chi connectivity index (χ3v) is 4.53. The van der Waals surface area contributed by atoms with E-state index in [0.29, 0.717) is 5.92 Å². The Bertz CT molecular complexity index is 542. The number of rotatable bonds is 4. The normalized spacial score (nSPS) is 17.2. The van der Waals surface area contributed by atoms with Crippen molar-refractivity contribution in [1.29, 1.82) is 0 Å². The second-order valence-electron chi connectivity index (χ2n) is 5.56. The van der Waals surface area contributed by atoms with Crippen LogP contribution in [0.5, 0.6) is 0 Å². The van der Waals surface area contributed by atoms with E-state index in [2.05, 4.69) is 5.32 Å². The molecule has 0 bridgehead atoms. The molecule has 1 N–H and O–H groups in total. The predicted octanol–water partition coefficient (Wildman–Crippen LogP) is 3.95. The zero-order valence-corrected chi connectivity index (χ0v) is 12.7. The zero-order valence-electron chi connectivity index (χ0n) is 12.0. The van der Waals surface area contributed by atoms with Gasteiger partial charge in [0.15, 0.2) is 0 Å². The van der Waals surface area contributed by atoms with Gasteiger partial charge in [0.1, 0.15) is 5.02 Å². The van der Waals surface area contributed by atoms with Gasteiger partial charge in [-0.3, -0.25) is 14.9 Å². The maximum atomic E-state index is 12.3. The molecule has 1 fully saturated rings. The van der Waals surface area contributed by atoms with E-state index >= 15 is 0 Å². The summed E-state index contributed by atoms with van der Waals surface area (Å²) in [7, 11) is 0. The van der Waals surface area contributed by atoms with Crippen molar-refractivity contribution in [2.45, 2.75) is 45.1 Å². The molecule has 1 amide bonds. The van der Waals surface area contributed by atoms with Crippen molar-refractivity contribution in [3.8, 4) is 0 Å². The quantitative estimate of drug-likeness (QED) is 0.676. The van der Waals surface area contributed by atoms with E-state index in [-0.39, 0.29) is 28.2 Å². The van der Waals surface area contributed by atoms with Crippen LogP contribution in [0.4, 0.5) is 5.69 Å². The van der Waals surface area contributed by atoms with Crippen molar-refractivity contribution in [2.24, 2.45) is 5.92 Å². The van der Waals surface area contributed by atoms with Crippen molar-refractivity contribution in [1.82, 2.24) is 5.32 Å². The van der Waals surface area contributed by atoms with E-state index in [4.69, 9.17) is 11.6 Å². The summed E-state index contributed by atoms with van der Waals surface area (Å²) in [5, 5.41) is 13.7. The first kappa shape index (κ1) is 15.8. The molecule has 1 atom stereocenters. The Hall–Kier alpha value is -1.62. The summed E-state index contributed by atoms with van der Waals surface area (Å²) in [5.74, 6) is 0.127. The molecule has 0 heterocycles. The average molecular weight is 311 g/mol. The van der Waals surface area contributed by atoms with Crippen LogP contribution >= 0.6 is 11.6 Å². The number of nitrogens with zero attached hydrogens (tertiary/aromatic N) is 1. The van der Waals surface area contributed by atoms with Gasteiger partial charge in [-0.05, 0) is 31.7 Å². The molecule has 1 aliphatic carbocycles. The SMILES string of the molecule is CC(NC(=O)c1cccc([N+](=O)[O-])c1Cl)C1CCCCC1. The number of hydrogen-bond acceptors (Lipinski definition) is 3. The molecule has 0 radical (unpaired) electrons. The molecule has 6 heteroatoms. The minimum absolute atomic E-state index is 0.0492. The number of carbonyl (C=O) groups is 1. The fourth-order valence-corrected chi connectivity index (χ4v) is 3.15. The van der Waals surface area contributed by atoms with E-state index in [1.54, 1.807) is 0 Å². The highest BCUT2D eigenvalue weighted by molar-refractivity contribution is 6.35. The summed E-state index contributed by atoms with van der Waals surface area (Å²) in [4.78, 5) is 22.6. The van der Waals surface area contributed by atoms with Crippen molar-refractivity contribution < 1.29 is 9.72 Å². The molecule has 1 unspecified atom stereocenters. The minimum Gasteiger partial charge on any atom is -0.349 e. The van der Waals surface area contributed by atoms with Crippen molar-refractivity contribution >= 4 is 23.2 Å². The van der Waals surface area contributed by atoms with Crippen LogP contribution in [0.1, 0.15) is 49.4 Å². The number of nitrogens with one attached hydrogen (secondary N) is 1. The Morgan fingerprint density at radius 2 is 2.05 bits per heavy atom. The summed E-state index contributed by atoms with van der Waals surface area (Å²) in [6.07, 6.45) is 5.88. The minimum atomic E-state index is -0.580. The predicted molar refractivity (Wildman–Crippen MR) is 81.6 cm³/mol. The molecule has 0 spiro atoms. The van der Waals surface area contributed by atoms with Crippen molar-refractivity contribution in [3.05, 3.63) is 38.9 Å². The van der Waals surface area contributed by atoms with Crippen molar-refractivity contribution in [2.75, 3.05) is 0 Å². The van der Waals surface area contributed by atoms with E-state index in [9.17, 15) is 14.9 Å². The zero-order chi connectivity index (χ0) is 15.4. The molecule has 1 saturated carbocycles. The Balaban J connectivity index is 2.09. The van der Waals surface area contributed by atoms with E-state index in [1.165, 1.54) is 37.5 Å². The molecular weight excluding hydrogens is 292 g/mol. The Morgan fingerprint density at radius 1 is 1.38 bits per heavy atom. The molecule has 1 aliphatic rings. The number of nitro groups is 1. The van der Waals surface area contributed by atoms with Crippen LogP contribution in [-0.2, 0) is 0 Å². The third kappa shape index (κ3) is 3.73. The highest BCUT2D eigenvalue weighted by Crippen LogP contribution is 2.29. The third-order valence-electron chi connectivity index (χ3n) is 4.14. The van der Waals surface area contributed by atoms with E-state index < -0.39 is 4.92 Å². The van der Waals surface area contributed by atoms with Gasteiger partial charge in [0.05, 0.1) is 10.5 Å². The van der Waals surface area contributed by atoms with Crippen molar-refractivity contribution in [3.63, 3.8) is 0 Å². The number of hydrogen-bond donors (Lipinski definition) is 1. The molecule has 5 nitrogen and oxygen atoms in total. The number of carbonyl (C=O) groups excluding carboxylic acids is 1. The number of halogens is 1. The van der Waals surface area contributed by atoms with Gasteiger partial charge in [0.25, 0.3) is 11.6 Å². The number of benzene rings is 1. The molecule has 1 aromatic carbocycles. The fourth-order valence-electron chi connectivity index (χ4n) is 2.87. The highest BCUT2D eigenvalue weighted by atomic mass is 35.5. The van der Waals surface area contributed by atoms with Crippen LogP contribution in [0.2, 0.25) is 5.02 Å². The van der Waals surface area contributed by atoms with Crippen LogP contribution in [0.25, 0.3) is 0 Å². The lowest BCUT2D eigenvalue weighted by Crippen LogP contribution is -2.39. The first-order chi connectivity index (χ1) is 10.0. The molecule has 2 rings (SSSR count). The summed E-state index contributed by atoms with van der Waals surface area (Å²) < 4.78 is 0. The van der Waals surface area contributed by atoms with Crippen LogP contribution in [-0.4, -0.2) is 16.9 Å². The van der Waals surface area contributed by atoms with E-state index in [0.717, 1.165) is 12.8 Å². The monoisotopic (exact) mass is 310 g/mol. The van der Waals surface area contributed by atoms with Gasteiger partial charge < -0.3 is 5.32 Å². The van der Waals surface area contributed by atoms with Crippen LogP contribution in [0.15, 0.2) is 18.2 Å². The fraction of sp³-hybridized carbons (Fsp3) is 0.533. The summed E-state index contributed by atoms with van der Waals surface area (Å²) >= 11 is 5.97. The second kappa shape index (κ2) is 6.89. The summed E-state index contributed by atoms with van der Waals surface area (Å²) in [6.45, 7) is 1.99. The van der Waals surface area contributed by atoms with Gasteiger partial charge in [0, 0.05) is 12.1 Å². The molecule has 114 valence electrons. The van der Waals surface area contributed by atoms with Gasteiger partial charge in [-0.1, -0.05) is 36.9 Å². The maximum absolute atomic E-state index is 12.3. The first-order valence-electron chi connectivity index (χ1n) is 7.24. The molecule has 1 aromatic rings. The smallest absolute Gasteiger partial charge is 0.288 e. The average Bonchev–Trinajstić information content (AvgIpc) is 2.47. The standard InChI is InChI=1S/C15H19ClN2O3/c1-10(11-6-3-2-4-7-11)17-15(19)12-8-5-9-13(14(12)16)18(20)21/h5,8-11H,2-4,6-7H2,1H3,(H,17,19). The molecule has 0 saturated heterocycles. The largest absolute Gasteiger partial charge is 0.349 e. The number of amides is 1. The van der Waals surface area contributed by atoms with Gasteiger partial charge in [-0.2, -0.15) is 0 Å². The molecule has 21 heavy (non-hydrogen) atoms. The maximum Gasteiger partial charge on any atom is 0.288 e. The van der Waals surface area contributed by atoms with Gasteiger partial charge >= 0.3 is 0 Å². The topological polar surface area (TPSA) is 72.2 Å². The van der Waals surface area contributed by atoms with Crippen LogP contribution < -0.4 is 5.32 Å². The summed E-state index contributed by atoms with van der Waals surface area (Å²) in [6, 6.07) is 4.33. The summed E-state index contributed by atoms with van der Waals surface area (Å²) in [5.41, 5.74) is -0.0804. The lowest BCUT2D eigenvalue weighted by Gasteiger charge is -2.28. The van der Waals surface area contributed by atoms with Gasteiger partial charge in [-0.25, -0.2) is 0 Å². The van der Waals surface area contributed by atoms with E-state index in [1.807, 2.05) is 6.92 Å². The molecule has 0 aliphatic heterocycles. The van der Waals surface area contributed by atoms with Gasteiger partial charge in [-0.15, -0.1) is 0 Å². The molecular formula is C15H19ClN2O3. The van der Waals surface area contributed by atoms with Crippen LogP contribution in [0, 0.1) is 16.0 Å². The Labute approximate surface area is 128 Å². The molecule has 0 aromatic heterocycles. The first-order valence-corrected chi connectivity index (χ1v) is 7.62. The lowest BCUT2D eigenvalue weighted by molar-refractivity contribution is -0.384. The second-order valence-corrected chi connectivity index (χ2v) is 5.93. The Kier molecular flexibility index (Phi) is 5.17. The lowest BCUT2D eigenvalue weighted by atomic mass is 9.84. The van der Waals surface area contributed by atoms with Crippen LogP contribution in [0.3, 0.4) is 0 Å². The van der Waals surface area contributed by atoms with Gasteiger partial charge in [0.2, 0.25) is 0 Å². The Morgan fingerprint density at radius 3 is 2.67 bits per heavy atom.